The topological polar surface area (TPSA) is 40.5 Å². The molecule has 1 saturated carbocycles. The summed E-state index contributed by atoms with van der Waals surface area (Å²) in [5.74, 6) is -0.830. The van der Waals surface area contributed by atoms with Crippen molar-refractivity contribution < 1.29 is 9.90 Å². The Hall–Kier alpha value is -0.390. The van der Waals surface area contributed by atoms with Crippen molar-refractivity contribution >= 4 is 33.2 Å². The lowest BCUT2D eigenvalue weighted by Gasteiger charge is -2.40. The third-order valence-electron chi connectivity index (χ3n) is 3.15. The molecule has 1 heterocycles. The van der Waals surface area contributed by atoms with Crippen molar-refractivity contribution in [1.29, 1.82) is 0 Å². The first-order valence-corrected chi connectivity index (χ1v) is 6.91. The van der Waals surface area contributed by atoms with E-state index in [0.29, 0.717) is 0 Å². The second kappa shape index (κ2) is 4.85. The molecule has 1 aliphatic carbocycles. The largest absolute Gasteiger partial charge is 0.481 e. The molecule has 1 aliphatic rings. The second-order valence-electron chi connectivity index (χ2n) is 4.24. The van der Waals surface area contributed by atoms with E-state index in [1.54, 1.807) is 11.3 Å². The van der Waals surface area contributed by atoms with Gasteiger partial charge in [-0.25, -0.2) is 0 Å². The van der Waals surface area contributed by atoms with Crippen LogP contribution < -0.4 is 0 Å². The van der Waals surface area contributed by atoms with Gasteiger partial charge in [0, 0.05) is 27.3 Å². The number of hydrogen-bond donors (Lipinski definition) is 1. The van der Waals surface area contributed by atoms with Crippen LogP contribution in [0.1, 0.15) is 17.7 Å². The lowest BCUT2D eigenvalue weighted by Crippen LogP contribution is -2.48. The smallest absolute Gasteiger partial charge is 0.308 e. The van der Waals surface area contributed by atoms with E-state index in [0.717, 1.165) is 23.9 Å². The van der Waals surface area contributed by atoms with Crippen molar-refractivity contribution in [3.8, 4) is 0 Å². The van der Waals surface area contributed by atoms with Crippen LogP contribution in [-0.4, -0.2) is 29.1 Å². The predicted octanol–water partition coefficient (Wildman–Crippen LogP) is 2.81. The third kappa shape index (κ3) is 2.47. The molecule has 1 N–H and O–H groups in total. The molecular formula is C11H14BrNO2S. The van der Waals surface area contributed by atoms with Crippen molar-refractivity contribution in [3.05, 3.63) is 20.8 Å². The summed E-state index contributed by atoms with van der Waals surface area (Å²) in [5.41, 5.74) is 0. The van der Waals surface area contributed by atoms with E-state index in [4.69, 9.17) is 5.11 Å². The molecule has 2 atom stereocenters. The third-order valence-corrected chi connectivity index (χ3v) is 4.83. The van der Waals surface area contributed by atoms with Crippen LogP contribution in [0.2, 0.25) is 0 Å². The fourth-order valence-corrected chi connectivity index (χ4v) is 3.61. The van der Waals surface area contributed by atoms with Crippen LogP contribution in [0, 0.1) is 5.92 Å². The molecule has 88 valence electrons. The van der Waals surface area contributed by atoms with E-state index < -0.39 is 5.97 Å². The van der Waals surface area contributed by atoms with Crippen LogP contribution in [0.15, 0.2) is 15.9 Å². The Kier molecular flexibility index (Phi) is 3.66. The van der Waals surface area contributed by atoms with Crippen LogP contribution in [0.4, 0.5) is 0 Å². The number of rotatable bonds is 4. The summed E-state index contributed by atoms with van der Waals surface area (Å²) in [5, 5.41) is 11.0. The van der Waals surface area contributed by atoms with Gasteiger partial charge in [0.15, 0.2) is 0 Å². The van der Waals surface area contributed by atoms with E-state index in [2.05, 4.69) is 32.3 Å². The molecule has 0 aromatic carbocycles. The van der Waals surface area contributed by atoms with Gasteiger partial charge in [0.25, 0.3) is 0 Å². The normalized spacial score (nSPS) is 24.4. The minimum Gasteiger partial charge on any atom is -0.481 e. The Morgan fingerprint density at radius 1 is 1.69 bits per heavy atom. The Labute approximate surface area is 107 Å². The minimum atomic E-state index is -0.657. The zero-order chi connectivity index (χ0) is 11.7. The molecule has 0 spiro atoms. The number of nitrogens with zero attached hydrogens (tertiary/aromatic N) is 1. The summed E-state index contributed by atoms with van der Waals surface area (Å²) in [6.45, 7) is 0.838. The maximum Gasteiger partial charge on any atom is 0.308 e. The minimum absolute atomic E-state index is 0.173. The van der Waals surface area contributed by atoms with Crippen molar-refractivity contribution in [2.75, 3.05) is 7.05 Å². The molecule has 2 unspecified atom stereocenters. The summed E-state index contributed by atoms with van der Waals surface area (Å²) >= 11 is 5.13. The fraction of sp³-hybridized carbons (Fsp3) is 0.545. The zero-order valence-corrected chi connectivity index (χ0v) is 11.4. The van der Waals surface area contributed by atoms with Crippen molar-refractivity contribution in [1.82, 2.24) is 4.90 Å². The Morgan fingerprint density at radius 3 is 2.88 bits per heavy atom. The fourth-order valence-electron chi connectivity index (χ4n) is 2.10. The van der Waals surface area contributed by atoms with Gasteiger partial charge in [-0.05, 0) is 41.9 Å². The van der Waals surface area contributed by atoms with Gasteiger partial charge in [-0.15, -0.1) is 11.3 Å². The lowest BCUT2D eigenvalue weighted by molar-refractivity contribution is -0.148. The first-order valence-electron chi connectivity index (χ1n) is 5.24. The maximum atomic E-state index is 10.9. The van der Waals surface area contributed by atoms with E-state index in [1.165, 1.54) is 4.88 Å². The van der Waals surface area contributed by atoms with E-state index in [-0.39, 0.29) is 12.0 Å². The molecule has 0 amide bonds. The molecule has 3 nitrogen and oxygen atoms in total. The quantitative estimate of drug-likeness (QED) is 0.930. The molecule has 2 rings (SSSR count). The SMILES string of the molecule is CN(Cc1cc(Br)cs1)C1CCC1C(=O)O. The van der Waals surface area contributed by atoms with Gasteiger partial charge in [0.1, 0.15) is 0 Å². The van der Waals surface area contributed by atoms with E-state index in [1.807, 2.05) is 7.05 Å². The highest BCUT2D eigenvalue weighted by molar-refractivity contribution is 9.10. The molecule has 0 saturated heterocycles. The monoisotopic (exact) mass is 303 g/mol. The summed E-state index contributed by atoms with van der Waals surface area (Å²) in [6, 6.07) is 2.30. The van der Waals surface area contributed by atoms with Crippen LogP contribution in [-0.2, 0) is 11.3 Å². The molecular weight excluding hydrogens is 290 g/mol. The van der Waals surface area contributed by atoms with Crippen molar-refractivity contribution in [3.63, 3.8) is 0 Å². The van der Waals surface area contributed by atoms with Gasteiger partial charge in [0.2, 0.25) is 0 Å². The number of halogens is 1. The Balaban J connectivity index is 1.93. The predicted molar refractivity (Wildman–Crippen MR) is 67.6 cm³/mol. The van der Waals surface area contributed by atoms with Gasteiger partial charge in [0.05, 0.1) is 5.92 Å². The molecule has 1 fully saturated rings. The number of carbonyl (C=O) groups is 1. The Morgan fingerprint density at radius 2 is 2.44 bits per heavy atom. The highest BCUT2D eigenvalue weighted by Gasteiger charge is 2.38. The summed E-state index contributed by atoms with van der Waals surface area (Å²) < 4.78 is 1.10. The molecule has 1 aromatic heterocycles. The van der Waals surface area contributed by atoms with Crippen LogP contribution >= 0.6 is 27.3 Å². The van der Waals surface area contributed by atoms with Gasteiger partial charge in [-0.1, -0.05) is 0 Å². The molecule has 0 bridgehead atoms. The molecule has 1 aromatic rings. The lowest BCUT2D eigenvalue weighted by atomic mass is 9.79. The number of carboxylic acid groups (broad SMARTS) is 1. The number of aliphatic carboxylic acids is 1. The van der Waals surface area contributed by atoms with Gasteiger partial charge < -0.3 is 5.11 Å². The second-order valence-corrected chi connectivity index (χ2v) is 6.15. The highest BCUT2D eigenvalue weighted by atomic mass is 79.9. The first kappa shape index (κ1) is 12.1. The van der Waals surface area contributed by atoms with Crippen LogP contribution in [0.3, 0.4) is 0 Å². The molecule has 5 heteroatoms. The summed E-state index contributed by atoms with van der Waals surface area (Å²) in [4.78, 5) is 14.3. The van der Waals surface area contributed by atoms with Crippen LogP contribution in [0.25, 0.3) is 0 Å². The molecule has 0 radical (unpaired) electrons. The summed E-state index contributed by atoms with van der Waals surface area (Å²) in [6.07, 6.45) is 1.82. The number of carboxylic acids is 1. The van der Waals surface area contributed by atoms with Gasteiger partial charge in [-0.3, -0.25) is 9.69 Å². The molecule has 16 heavy (non-hydrogen) atoms. The van der Waals surface area contributed by atoms with Crippen molar-refractivity contribution in [2.24, 2.45) is 5.92 Å². The molecule has 0 aliphatic heterocycles. The number of hydrogen-bond acceptors (Lipinski definition) is 3. The van der Waals surface area contributed by atoms with Crippen molar-refractivity contribution in [2.45, 2.75) is 25.4 Å². The van der Waals surface area contributed by atoms with Crippen LogP contribution in [0.5, 0.6) is 0 Å². The zero-order valence-electron chi connectivity index (χ0n) is 9.02. The average molecular weight is 304 g/mol. The average Bonchev–Trinajstić information content (AvgIpc) is 2.47. The first-order chi connectivity index (χ1) is 7.58. The highest BCUT2D eigenvalue weighted by Crippen LogP contribution is 2.33. The number of thiophene rings is 1. The van der Waals surface area contributed by atoms with Gasteiger partial charge in [-0.2, -0.15) is 0 Å². The van der Waals surface area contributed by atoms with E-state index >= 15 is 0 Å². The standard InChI is InChI=1S/C11H14BrNO2S/c1-13(5-8-4-7(12)6-16-8)10-3-2-9(10)11(14)15/h4,6,9-10H,2-3,5H2,1H3,(H,14,15). The Bertz CT molecular complexity index is 393. The summed E-state index contributed by atoms with van der Waals surface area (Å²) in [7, 11) is 2.01. The van der Waals surface area contributed by atoms with E-state index in [9.17, 15) is 4.79 Å². The van der Waals surface area contributed by atoms with Gasteiger partial charge >= 0.3 is 5.97 Å². The maximum absolute atomic E-state index is 10.9.